The van der Waals surface area contributed by atoms with Gasteiger partial charge in [-0.15, -0.1) is 0 Å². The highest BCUT2D eigenvalue weighted by atomic mass is 16.6. The lowest BCUT2D eigenvalue weighted by molar-refractivity contribution is -0.164. The van der Waals surface area contributed by atoms with Crippen LogP contribution in [0.25, 0.3) is 0 Å². The highest BCUT2D eigenvalue weighted by Gasteiger charge is 2.45. The van der Waals surface area contributed by atoms with Gasteiger partial charge in [0, 0.05) is 6.54 Å². The number of hydrogen-bond acceptors (Lipinski definition) is 4. The topological polar surface area (TPSA) is 55.8 Å². The Kier molecular flexibility index (Phi) is 4.84. The van der Waals surface area contributed by atoms with Crippen LogP contribution in [0, 0.1) is 11.8 Å². The van der Waals surface area contributed by atoms with Crippen LogP contribution in [0.1, 0.15) is 32.8 Å². The van der Waals surface area contributed by atoms with E-state index in [-0.39, 0.29) is 36.5 Å². The maximum atomic E-state index is 12.5. The van der Waals surface area contributed by atoms with Gasteiger partial charge in [0.2, 0.25) is 0 Å². The normalized spacial score (nSPS) is 24.9. The molecule has 0 spiro atoms. The summed E-state index contributed by atoms with van der Waals surface area (Å²) in [5.41, 5.74) is 0.410. The third kappa shape index (κ3) is 4.21. The predicted molar refractivity (Wildman–Crippen MR) is 93.7 cm³/mol. The van der Waals surface area contributed by atoms with Crippen molar-refractivity contribution in [3.05, 3.63) is 48.0 Å². The molecule has 0 aromatic heterocycles. The summed E-state index contributed by atoms with van der Waals surface area (Å²) in [6.07, 6.45) is 4.37. The van der Waals surface area contributed by atoms with Crippen LogP contribution in [0.2, 0.25) is 0 Å². The summed E-state index contributed by atoms with van der Waals surface area (Å²) in [6.45, 7) is 6.39. The van der Waals surface area contributed by atoms with Crippen molar-refractivity contribution in [1.29, 1.82) is 0 Å². The highest BCUT2D eigenvalue weighted by Crippen LogP contribution is 2.36. The lowest BCUT2D eigenvalue weighted by Crippen LogP contribution is -2.55. The second kappa shape index (κ2) is 6.90. The third-order valence-electron chi connectivity index (χ3n) is 4.49. The molecule has 3 aliphatic rings. The van der Waals surface area contributed by atoms with Gasteiger partial charge >= 0.3 is 12.1 Å². The van der Waals surface area contributed by atoms with E-state index in [0.717, 1.165) is 12.0 Å². The average Bonchev–Trinajstić information content (AvgIpc) is 2.59. The molecule has 1 aromatic rings. The number of carbonyl (C=O) groups is 2. The molecule has 2 aliphatic heterocycles. The molecule has 134 valence electrons. The van der Waals surface area contributed by atoms with Crippen molar-refractivity contribution >= 4 is 12.1 Å². The van der Waals surface area contributed by atoms with Gasteiger partial charge in [0.05, 0.1) is 12.0 Å². The Morgan fingerprint density at radius 3 is 2.52 bits per heavy atom. The molecule has 0 radical (unpaired) electrons. The van der Waals surface area contributed by atoms with E-state index in [2.05, 4.69) is 6.08 Å². The number of carbonyl (C=O) groups excluding carboxylic acids is 2. The summed E-state index contributed by atoms with van der Waals surface area (Å²) in [6, 6.07) is 9.28. The number of rotatable bonds is 3. The molecular formula is C20H25NO4. The van der Waals surface area contributed by atoms with Crippen molar-refractivity contribution in [3.63, 3.8) is 0 Å². The van der Waals surface area contributed by atoms with Gasteiger partial charge in [-0.05, 0) is 38.7 Å². The lowest BCUT2D eigenvalue weighted by atomic mass is 9.78. The van der Waals surface area contributed by atoms with Crippen molar-refractivity contribution in [1.82, 2.24) is 4.90 Å². The van der Waals surface area contributed by atoms with Gasteiger partial charge in [0.15, 0.2) is 0 Å². The Labute approximate surface area is 148 Å². The largest absolute Gasteiger partial charge is 0.460 e. The summed E-state index contributed by atoms with van der Waals surface area (Å²) in [5, 5.41) is 0. The molecule has 1 amide bonds. The van der Waals surface area contributed by atoms with Crippen molar-refractivity contribution < 1.29 is 19.1 Å². The number of ether oxygens (including phenoxy) is 2. The third-order valence-corrected chi connectivity index (χ3v) is 4.49. The molecular weight excluding hydrogens is 318 g/mol. The van der Waals surface area contributed by atoms with Gasteiger partial charge < -0.3 is 14.4 Å². The van der Waals surface area contributed by atoms with Crippen LogP contribution in [-0.2, 0) is 20.9 Å². The van der Waals surface area contributed by atoms with E-state index in [4.69, 9.17) is 9.47 Å². The molecule has 5 heteroatoms. The number of amides is 1. The van der Waals surface area contributed by atoms with Crippen LogP contribution in [0.4, 0.5) is 4.79 Å². The standard InChI is InChI=1S/C20H25NO4/c1-20(2,3)25-18(22)16-11-15-9-10-17(16)21(12-15)19(23)24-13-14-7-5-4-6-8-14/h4-10,15-17H,11-13H2,1-3H3. The zero-order chi connectivity index (χ0) is 18.0. The maximum Gasteiger partial charge on any atom is 0.410 e. The minimum Gasteiger partial charge on any atom is -0.460 e. The van der Waals surface area contributed by atoms with E-state index < -0.39 is 5.60 Å². The minimum absolute atomic E-state index is 0.173. The van der Waals surface area contributed by atoms with Gasteiger partial charge in [-0.1, -0.05) is 42.5 Å². The summed E-state index contributed by atoms with van der Waals surface area (Å²) in [4.78, 5) is 26.7. The van der Waals surface area contributed by atoms with Gasteiger partial charge in [0.25, 0.3) is 0 Å². The van der Waals surface area contributed by atoms with Crippen LogP contribution in [0.15, 0.2) is 42.5 Å². The molecule has 4 rings (SSSR count). The first-order valence-electron chi connectivity index (χ1n) is 8.72. The fraction of sp³-hybridized carbons (Fsp3) is 0.500. The summed E-state index contributed by atoms with van der Waals surface area (Å²) >= 11 is 0. The first-order valence-corrected chi connectivity index (χ1v) is 8.72. The molecule has 5 nitrogen and oxygen atoms in total. The van der Waals surface area contributed by atoms with Gasteiger partial charge in [-0.25, -0.2) is 4.79 Å². The smallest absolute Gasteiger partial charge is 0.410 e. The van der Waals surface area contributed by atoms with E-state index in [9.17, 15) is 9.59 Å². The van der Waals surface area contributed by atoms with Crippen LogP contribution < -0.4 is 0 Å². The van der Waals surface area contributed by atoms with E-state index >= 15 is 0 Å². The Morgan fingerprint density at radius 1 is 1.16 bits per heavy atom. The first-order chi connectivity index (χ1) is 11.8. The lowest BCUT2D eigenvalue weighted by Gasteiger charge is -2.45. The Morgan fingerprint density at radius 2 is 1.88 bits per heavy atom. The Bertz CT molecular complexity index is 662. The van der Waals surface area contributed by atoms with Crippen molar-refractivity contribution in [3.8, 4) is 0 Å². The molecule has 2 heterocycles. The van der Waals surface area contributed by atoms with E-state index in [1.54, 1.807) is 4.90 Å². The SMILES string of the molecule is CC(C)(C)OC(=O)C1CC2C=CC1N(C(=O)OCc1ccccc1)C2. The number of fused-ring (bicyclic) bond motifs is 2. The van der Waals surface area contributed by atoms with Crippen molar-refractivity contribution in [2.45, 2.75) is 45.4 Å². The molecule has 1 aromatic carbocycles. The molecule has 3 atom stereocenters. The van der Waals surface area contributed by atoms with Crippen LogP contribution in [0.3, 0.4) is 0 Å². The molecule has 3 unspecified atom stereocenters. The van der Waals surface area contributed by atoms with E-state index in [1.807, 2.05) is 57.2 Å². The van der Waals surface area contributed by atoms with Crippen LogP contribution >= 0.6 is 0 Å². The van der Waals surface area contributed by atoms with Crippen LogP contribution in [-0.4, -0.2) is 35.2 Å². The second-order valence-corrected chi connectivity index (χ2v) is 7.70. The molecule has 2 bridgehead atoms. The number of benzene rings is 1. The zero-order valence-corrected chi connectivity index (χ0v) is 15.0. The first kappa shape index (κ1) is 17.5. The summed E-state index contributed by atoms with van der Waals surface area (Å²) in [7, 11) is 0. The monoisotopic (exact) mass is 343 g/mol. The zero-order valence-electron chi connectivity index (χ0n) is 15.0. The van der Waals surface area contributed by atoms with Gasteiger partial charge in [-0.2, -0.15) is 0 Å². The summed E-state index contributed by atoms with van der Waals surface area (Å²) in [5.74, 6) is -0.397. The predicted octanol–water partition coefficient (Wildman–Crippen LogP) is 3.54. The van der Waals surface area contributed by atoms with Gasteiger partial charge in [-0.3, -0.25) is 4.79 Å². The fourth-order valence-corrected chi connectivity index (χ4v) is 3.39. The number of nitrogens with zero attached hydrogens (tertiary/aromatic N) is 1. The maximum absolute atomic E-state index is 12.5. The van der Waals surface area contributed by atoms with Gasteiger partial charge in [0.1, 0.15) is 12.2 Å². The minimum atomic E-state index is -0.532. The molecule has 0 N–H and O–H groups in total. The highest BCUT2D eigenvalue weighted by molar-refractivity contribution is 5.77. The van der Waals surface area contributed by atoms with E-state index in [0.29, 0.717) is 6.54 Å². The molecule has 1 fully saturated rings. The van der Waals surface area contributed by atoms with Crippen molar-refractivity contribution in [2.24, 2.45) is 11.8 Å². The average molecular weight is 343 g/mol. The quantitative estimate of drug-likeness (QED) is 0.622. The number of esters is 1. The number of hydrogen-bond donors (Lipinski definition) is 0. The number of piperidine rings is 1. The Hall–Kier alpha value is -2.30. The molecule has 1 aliphatic carbocycles. The summed E-state index contributed by atoms with van der Waals surface area (Å²) < 4.78 is 11.0. The second-order valence-electron chi connectivity index (χ2n) is 7.70. The molecule has 1 saturated heterocycles. The fourth-order valence-electron chi connectivity index (χ4n) is 3.39. The van der Waals surface area contributed by atoms with Crippen LogP contribution in [0.5, 0.6) is 0 Å². The van der Waals surface area contributed by atoms with Crippen molar-refractivity contribution in [2.75, 3.05) is 6.54 Å². The molecule has 25 heavy (non-hydrogen) atoms. The van der Waals surface area contributed by atoms with E-state index in [1.165, 1.54) is 0 Å². The molecule has 0 saturated carbocycles. The Balaban J connectivity index is 1.65.